The largest absolute Gasteiger partial charge is 0.461 e. The lowest BCUT2D eigenvalue weighted by atomic mass is 9.70. The highest BCUT2D eigenvalue weighted by Gasteiger charge is 2.55. The molecule has 0 amide bonds. The Kier molecular flexibility index (Phi) is 17.9. The normalized spacial score (nSPS) is 46.1. The second-order valence-electron chi connectivity index (χ2n) is 19.8. The minimum atomic E-state index is -1.50. The van der Waals surface area contributed by atoms with Crippen molar-refractivity contribution in [3.05, 3.63) is 0 Å². The number of ether oxygens (including phenoxy) is 7. The number of aliphatic hydroxyl groups is 3. The summed E-state index contributed by atoms with van der Waals surface area (Å²) in [6.07, 6.45) is -2.69. The van der Waals surface area contributed by atoms with Crippen LogP contribution in [0, 0.1) is 29.1 Å². The zero-order valence-electron chi connectivity index (χ0n) is 38.8. The number of esters is 1. The molecule has 14 nitrogen and oxygen atoms in total. The highest BCUT2D eigenvalue weighted by molar-refractivity contribution is 5.82. The molecule has 344 valence electrons. The molecule has 59 heavy (non-hydrogen) atoms. The molecule has 0 aromatic heterocycles. The van der Waals surface area contributed by atoms with E-state index in [-0.39, 0.29) is 48.8 Å². The Hall–Kier alpha value is -1.30. The lowest BCUT2D eigenvalue weighted by Crippen LogP contribution is -2.60. The number of carbonyl (C=O) groups excluding carboxylic acids is 2. The average molecular weight is 843 g/mol. The van der Waals surface area contributed by atoms with Gasteiger partial charge in [0, 0.05) is 69.5 Å². The summed E-state index contributed by atoms with van der Waals surface area (Å²) in [5.74, 6) is -1.93. The van der Waals surface area contributed by atoms with E-state index in [1.54, 1.807) is 21.0 Å². The van der Waals surface area contributed by atoms with E-state index in [9.17, 15) is 24.9 Å². The number of carbonyl (C=O) groups is 2. The zero-order valence-corrected chi connectivity index (χ0v) is 38.8. The molecule has 4 fully saturated rings. The van der Waals surface area contributed by atoms with Crippen molar-refractivity contribution >= 4 is 11.8 Å². The van der Waals surface area contributed by atoms with E-state index >= 15 is 0 Å². The molecule has 0 spiro atoms. The molecule has 0 unspecified atom stereocenters. The van der Waals surface area contributed by atoms with Crippen LogP contribution >= 0.6 is 0 Å². The van der Waals surface area contributed by atoms with Crippen LogP contribution in [0.5, 0.6) is 0 Å². The molecule has 0 bridgehead atoms. The van der Waals surface area contributed by atoms with Crippen LogP contribution in [0.15, 0.2) is 0 Å². The summed E-state index contributed by atoms with van der Waals surface area (Å²) in [5.41, 5.74) is -2.90. The van der Waals surface area contributed by atoms with Crippen LogP contribution in [-0.4, -0.2) is 163 Å². The number of fused-ring (bicyclic) bond motifs is 1. The summed E-state index contributed by atoms with van der Waals surface area (Å²) >= 11 is 0. The average Bonchev–Trinajstić information content (AvgIpc) is 3.47. The van der Waals surface area contributed by atoms with Crippen molar-refractivity contribution in [3.63, 3.8) is 0 Å². The molecule has 1 saturated carbocycles. The lowest BCUT2D eigenvalue weighted by Gasteiger charge is -2.49. The highest BCUT2D eigenvalue weighted by Crippen LogP contribution is 2.49. The van der Waals surface area contributed by atoms with Crippen molar-refractivity contribution < 1.29 is 58.1 Å². The third kappa shape index (κ3) is 11.6. The number of rotatable bonds is 12. The second-order valence-corrected chi connectivity index (χ2v) is 19.8. The fourth-order valence-corrected chi connectivity index (χ4v) is 11.1. The molecule has 0 aromatic rings. The molecular weight excluding hydrogens is 760 g/mol. The van der Waals surface area contributed by atoms with Gasteiger partial charge >= 0.3 is 5.97 Å². The van der Waals surface area contributed by atoms with Gasteiger partial charge < -0.3 is 58.3 Å². The van der Waals surface area contributed by atoms with Gasteiger partial charge in [0.1, 0.15) is 24.1 Å². The molecule has 14 heteroatoms. The van der Waals surface area contributed by atoms with Gasteiger partial charge in [-0.25, -0.2) is 0 Å². The number of ketones is 1. The van der Waals surface area contributed by atoms with Gasteiger partial charge in [0.2, 0.25) is 0 Å². The number of methoxy groups -OCH3 is 1. The maximum atomic E-state index is 14.7. The standard InChI is InChI=1S/C45H82N2O12/c1-15-35-43(8)23-32(49)21-33(43)30(6)47(13)25-26(2)22-44(9,52)39(59-42-37(50)34(46(11)12)20-27(3)55-42)28(4)38(29(5)41(51)57-35)58-36-24-45(10,53-14)40(31(7)56-36)54-19-17-16-18-48/h26-31,33-40,42,48,50,52H,15-25H2,1-14H3/t26-,27-,28+,29-,30-,31+,33-,34+,35-,36+,37-,38+,39-,40+,42+,43+,44-,45-/m1/s1. The first-order valence-electron chi connectivity index (χ1n) is 22.4. The molecule has 18 atom stereocenters. The summed E-state index contributed by atoms with van der Waals surface area (Å²) in [6.45, 7) is 20.8. The minimum absolute atomic E-state index is 0.00513. The van der Waals surface area contributed by atoms with Gasteiger partial charge in [-0.15, -0.1) is 0 Å². The first-order valence-corrected chi connectivity index (χ1v) is 22.4. The molecule has 0 radical (unpaired) electrons. The number of nitrogens with zero attached hydrogens (tertiary/aromatic N) is 2. The van der Waals surface area contributed by atoms with E-state index in [1.165, 1.54) is 0 Å². The van der Waals surface area contributed by atoms with Crippen LogP contribution in [0.4, 0.5) is 0 Å². The Balaban J connectivity index is 1.80. The number of cyclic esters (lactones) is 1. The van der Waals surface area contributed by atoms with Crippen molar-refractivity contribution in [2.24, 2.45) is 29.1 Å². The number of aliphatic hydroxyl groups excluding tert-OH is 2. The fraction of sp³-hybridized carbons (Fsp3) is 0.956. The van der Waals surface area contributed by atoms with Gasteiger partial charge in [-0.2, -0.15) is 0 Å². The number of hydrogen-bond acceptors (Lipinski definition) is 14. The molecule has 3 N–H and O–H groups in total. The maximum Gasteiger partial charge on any atom is 0.311 e. The summed E-state index contributed by atoms with van der Waals surface area (Å²) in [7, 11) is 7.53. The summed E-state index contributed by atoms with van der Waals surface area (Å²) in [5, 5.41) is 33.8. The van der Waals surface area contributed by atoms with Crippen molar-refractivity contribution in [1.82, 2.24) is 9.80 Å². The molecule has 3 aliphatic heterocycles. The lowest BCUT2D eigenvalue weighted by molar-refractivity contribution is -0.320. The predicted octanol–water partition coefficient (Wildman–Crippen LogP) is 4.57. The molecule has 3 heterocycles. The Morgan fingerprint density at radius 2 is 1.64 bits per heavy atom. The second kappa shape index (κ2) is 20.9. The molecule has 3 saturated heterocycles. The van der Waals surface area contributed by atoms with Gasteiger partial charge in [0.15, 0.2) is 12.6 Å². The van der Waals surface area contributed by atoms with E-state index in [0.717, 1.165) is 0 Å². The number of unbranched alkanes of at least 4 members (excludes halogenated alkanes) is 1. The van der Waals surface area contributed by atoms with Crippen LogP contribution in [0.2, 0.25) is 0 Å². The molecule has 4 aliphatic rings. The van der Waals surface area contributed by atoms with E-state index in [0.29, 0.717) is 58.1 Å². The van der Waals surface area contributed by atoms with E-state index < -0.39 is 83.6 Å². The zero-order chi connectivity index (χ0) is 44.2. The van der Waals surface area contributed by atoms with Crippen LogP contribution in [0.3, 0.4) is 0 Å². The van der Waals surface area contributed by atoms with Crippen molar-refractivity contribution in [3.8, 4) is 0 Å². The van der Waals surface area contributed by atoms with E-state index in [4.69, 9.17) is 33.2 Å². The van der Waals surface area contributed by atoms with Gasteiger partial charge in [0.05, 0.1) is 41.5 Å². The molecule has 4 rings (SSSR count). The first kappa shape index (κ1) is 50.3. The third-order valence-electron chi connectivity index (χ3n) is 14.5. The van der Waals surface area contributed by atoms with Crippen LogP contribution in [0.25, 0.3) is 0 Å². The van der Waals surface area contributed by atoms with Crippen molar-refractivity contribution in [1.29, 1.82) is 0 Å². The van der Waals surface area contributed by atoms with Crippen LogP contribution in [-0.2, 0) is 42.7 Å². The smallest absolute Gasteiger partial charge is 0.311 e. The van der Waals surface area contributed by atoms with Gasteiger partial charge in [-0.1, -0.05) is 27.7 Å². The minimum Gasteiger partial charge on any atom is -0.461 e. The van der Waals surface area contributed by atoms with E-state index in [2.05, 4.69) is 32.7 Å². The number of likely N-dealkylation sites (N-methyl/N-ethyl adjacent to an activating group) is 1. The van der Waals surface area contributed by atoms with Gasteiger partial charge in [0.25, 0.3) is 0 Å². The Morgan fingerprint density at radius 3 is 2.25 bits per heavy atom. The van der Waals surface area contributed by atoms with E-state index in [1.807, 2.05) is 53.6 Å². The third-order valence-corrected chi connectivity index (χ3v) is 14.5. The fourth-order valence-electron chi connectivity index (χ4n) is 11.1. The monoisotopic (exact) mass is 843 g/mol. The number of Topliss-reactive ketones (excluding diaryl/α,β-unsaturated/α-hetero) is 1. The van der Waals surface area contributed by atoms with Crippen molar-refractivity contribution in [2.75, 3.05) is 48.0 Å². The van der Waals surface area contributed by atoms with Gasteiger partial charge in [-0.3, -0.25) is 9.59 Å². The van der Waals surface area contributed by atoms with Crippen LogP contribution < -0.4 is 0 Å². The maximum absolute atomic E-state index is 14.7. The molecule has 1 aliphatic carbocycles. The quantitative estimate of drug-likeness (QED) is 0.185. The summed E-state index contributed by atoms with van der Waals surface area (Å²) in [4.78, 5) is 32.2. The van der Waals surface area contributed by atoms with Crippen molar-refractivity contribution in [2.45, 2.75) is 199 Å². The van der Waals surface area contributed by atoms with Crippen LogP contribution in [0.1, 0.15) is 121 Å². The highest BCUT2D eigenvalue weighted by atomic mass is 16.7. The Labute approximate surface area is 355 Å². The van der Waals surface area contributed by atoms with Gasteiger partial charge in [-0.05, 0) is 107 Å². The predicted molar refractivity (Wildman–Crippen MR) is 223 cm³/mol. The summed E-state index contributed by atoms with van der Waals surface area (Å²) < 4.78 is 45.6. The summed E-state index contributed by atoms with van der Waals surface area (Å²) in [6, 6.07) is -0.253. The number of hydrogen-bond donors (Lipinski definition) is 3. The molecular formula is C45H82N2O12. The Bertz CT molecular complexity index is 1350. The Morgan fingerprint density at radius 1 is 0.966 bits per heavy atom. The first-order chi connectivity index (χ1) is 27.5. The SMILES string of the molecule is CC[C@H]1OC(=O)[C@H](C)[C@@H](O[C@H]2C[C@@](C)(OC)[C@@H](OCCCCO)[C@H](C)O2)[C@H](C)[C@@H](O[C@@H]2O[C@H](C)C[C@H](N(C)C)[C@H]2O)[C@](C)(O)C[C@@H](C)CN(C)[C@H](C)[C@H]2CC(=O)C[C@@]21C. The topological polar surface area (TPSA) is 166 Å². The molecule has 0 aromatic carbocycles.